The Hall–Kier alpha value is -2.26. The van der Waals surface area contributed by atoms with Gasteiger partial charge in [-0.05, 0) is 43.4 Å². The zero-order valence-electron chi connectivity index (χ0n) is 16.4. The molecule has 2 aliphatic heterocycles. The van der Waals surface area contributed by atoms with Crippen molar-refractivity contribution in [1.82, 2.24) is 14.5 Å². The molecule has 3 amide bonds. The van der Waals surface area contributed by atoms with Gasteiger partial charge in [-0.15, -0.1) is 0 Å². The van der Waals surface area contributed by atoms with E-state index in [1.807, 2.05) is 0 Å². The van der Waals surface area contributed by atoms with E-state index in [2.05, 4.69) is 5.32 Å². The number of nitrogens with one attached hydrogen (secondary N) is 1. The van der Waals surface area contributed by atoms with Gasteiger partial charge in [-0.1, -0.05) is 12.1 Å². The molecule has 158 valence electrons. The van der Waals surface area contributed by atoms with Crippen LogP contribution in [-0.2, 0) is 30.8 Å². The van der Waals surface area contributed by atoms with Gasteiger partial charge in [0, 0.05) is 45.4 Å². The standard InChI is InChI=1S/C20H27N3O5S/c24-18(21-12-3-15-23-19(25)10-11-20(23)26)9-6-16-4-7-17(8-5-16)29(27,28)22-13-1-2-14-22/h4-5,7-8H,1-3,6,9-15H2,(H,21,24). The number of hydrogen-bond donors (Lipinski definition) is 1. The van der Waals surface area contributed by atoms with Gasteiger partial charge in [0.05, 0.1) is 4.90 Å². The Morgan fingerprint density at radius 1 is 1.00 bits per heavy atom. The van der Waals surface area contributed by atoms with Crippen LogP contribution in [0.4, 0.5) is 0 Å². The number of aryl methyl sites for hydroxylation is 1. The molecule has 8 nitrogen and oxygen atoms in total. The van der Waals surface area contributed by atoms with Crippen molar-refractivity contribution >= 4 is 27.7 Å². The molecule has 0 radical (unpaired) electrons. The fraction of sp³-hybridized carbons (Fsp3) is 0.550. The number of nitrogens with zero attached hydrogens (tertiary/aromatic N) is 2. The third-order valence-corrected chi connectivity index (χ3v) is 7.22. The number of amides is 3. The van der Waals surface area contributed by atoms with Gasteiger partial charge in [-0.2, -0.15) is 4.31 Å². The second-order valence-electron chi connectivity index (χ2n) is 7.40. The summed E-state index contributed by atoms with van der Waals surface area (Å²) < 4.78 is 26.5. The molecule has 2 aliphatic rings. The highest BCUT2D eigenvalue weighted by molar-refractivity contribution is 7.89. The summed E-state index contributed by atoms with van der Waals surface area (Å²) in [5, 5.41) is 2.79. The molecule has 0 unspecified atom stereocenters. The molecule has 0 atom stereocenters. The van der Waals surface area contributed by atoms with E-state index in [-0.39, 0.29) is 30.6 Å². The van der Waals surface area contributed by atoms with Crippen molar-refractivity contribution in [2.45, 2.75) is 49.8 Å². The van der Waals surface area contributed by atoms with Crippen molar-refractivity contribution in [1.29, 1.82) is 0 Å². The minimum Gasteiger partial charge on any atom is -0.356 e. The Morgan fingerprint density at radius 2 is 1.62 bits per heavy atom. The van der Waals surface area contributed by atoms with Crippen LogP contribution in [0.1, 0.15) is 44.1 Å². The first-order valence-electron chi connectivity index (χ1n) is 10.1. The van der Waals surface area contributed by atoms with Gasteiger partial charge in [0.1, 0.15) is 0 Å². The molecule has 2 heterocycles. The number of carbonyl (C=O) groups excluding carboxylic acids is 3. The lowest BCUT2D eigenvalue weighted by Crippen LogP contribution is -2.33. The Balaban J connectivity index is 1.39. The lowest BCUT2D eigenvalue weighted by atomic mass is 10.1. The number of hydrogen-bond acceptors (Lipinski definition) is 5. The Labute approximate surface area is 171 Å². The second-order valence-corrected chi connectivity index (χ2v) is 9.34. The van der Waals surface area contributed by atoms with Gasteiger partial charge in [-0.3, -0.25) is 19.3 Å². The minimum atomic E-state index is -3.41. The van der Waals surface area contributed by atoms with Gasteiger partial charge >= 0.3 is 0 Å². The maximum absolute atomic E-state index is 12.5. The lowest BCUT2D eigenvalue weighted by molar-refractivity contribution is -0.138. The summed E-state index contributed by atoms with van der Waals surface area (Å²) in [7, 11) is -3.41. The number of carbonyl (C=O) groups is 3. The van der Waals surface area contributed by atoms with Crippen LogP contribution in [0.5, 0.6) is 0 Å². The lowest BCUT2D eigenvalue weighted by Gasteiger charge is -2.15. The van der Waals surface area contributed by atoms with E-state index >= 15 is 0 Å². The molecule has 0 saturated carbocycles. The Morgan fingerprint density at radius 3 is 2.24 bits per heavy atom. The maximum atomic E-state index is 12.5. The molecule has 1 aromatic carbocycles. The van der Waals surface area contributed by atoms with Crippen LogP contribution in [-0.4, -0.2) is 61.5 Å². The predicted octanol–water partition coefficient (Wildman–Crippen LogP) is 1.06. The van der Waals surface area contributed by atoms with Gasteiger partial charge in [0.2, 0.25) is 27.7 Å². The highest BCUT2D eigenvalue weighted by atomic mass is 32.2. The van der Waals surface area contributed by atoms with Crippen molar-refractivity contribution in [2.24, 2.45) is 0 Å². The topological polar surface area (TPSA) is 104 Å². The number of benzene rings is 1. The molecule has 0 bridgehead atoms. The third kappa shape index (κ3) is 5.42. The van der Waals surface area contributed by atoms with E-state index in [1.165, 1.54) is 9.21 Å². The van der Waals surface area contributed by atoms with Crippen molar-refractivity contribution in [3.05, 3.63) is 29.8 Å². The first-order valence-corrected chi connectivity index (χ1v) is 11.5. The number of likely N-dealkylation sites (tertiary alicyclic amines) is 1. The predicted molar refractivity (Wildman–Crippen MR) is 106 cm³/mol. The number of imide groups is 1. The molecular formula is C20H27N3O5S. The van der Waals surface area contributed by atoms with Crippen molar-refractivity contribution in [3.8, 4) is 0 Å². The van der Waals surface area contributed by atoms with Gasteiger partial charge in [0.15, 0.2) is 0 Å². The van der Waals surface area contributed by atoms with E-state index in [0.29, 0.717) is 50.3 Å². The average Bonchev–Trinajstić information content (AvgIpc) is 3.36. The Kier molecular flexibility index (Phi) is 7.02. The smallest absolute Gasteiger partial charge is 0.243 e. The normalized spacial score (nSPS) is 17.9. The summed E-state index contributed by atoms with van der Waals surface area (Å²) >= 11 is 0. The molecule has 0 aliphatic carbocycles. The highest BCUT2D eigenvalue weighted by Gasteiger charge is 2.28. The zero-order valence-corrected chi connectivity index (χ0v) is 17.2. The van der Waals surface area contributed by atoms with Crippen molar-refractivity contribution < 1.29 is 22.8 Å². The van der Waals surface area contributed by atoms with Crippen LogP contribution in [0.2, 0.25) is 0 Å². The zero-order chi connectivity index (χ0) is 20.9. The van der Waals surface area contributed by atoms with Crippen LogP contribution < -0.4 is 5.32 Å². The molecule has 2 fully saturated rings. The third-order valence-electron chi connectivity index (χ3n) is 5.30. The number of rotatable bonds is 9. The molecule has 1 N–H and O–H groups in total. The van der Waals surface area contributed by atoms with Gasteiger partial charge < -0.3 is 5.32 Å². The SMILES string of the molecule is O=C(CCc1ccc(S(=O)(=O)N2CCCC2)cc1)NCCCN1C(=O)CCC1=O. The first kappa shape index (κ1) is 21.4. The van der Waals surface area contributed by atoms with Crippen LogP contribution in [0.25, 0.3) is 0 Å². The molecule has 1 aromatic rings. The van der Waals surface area contributed by atoms with Crippen molar-refractivity contribution in [2.75, 3.05) is 26.2 Å². The van der Waals surface area contributed by atoms with Gasteiger partial charge in [0.25, 0.3) is 0 Å². The summed E-state index contributed by atoms with van der Waals surface area (Å²) in [6.07, 6.45) is 3.70. The molecule has 0 spiro atoms. The molecule has 9 heteroatoms. The van der Waals surface area contributed by atoms with Crippen molar-refractivity contribution in [3.63, 3.8) is 0 Å². The summed E-state index contributed by atoms with van der Waals surface area (Å²) in [6.45, 7) is 1.89. The summed E-state index contributed by atoms with van der Waals surface area (Å²) in [4.78, 5) is 36.5. The van der Waals surface area contributed by atoms with E-state index in [0.717, 1.165) is 18.4 Å². The summed E-state index contributed by atoms with van der Waals surface area (Å²) in [6, 6.07) is 6.71. The molecule has 3 rings (SSSR count). The van der Waals surface area contributed by atoms with E-state index in [4.69, 9.17) is 0 Å². The first-order chi connectivity index (χ1) is 13.9. The van der Waals surface area contributed by atoms with E-state index < -0.39 is 10.0 Å². The van der Waals surface area contributed by atoms with Crippen LogP contribution in [0, 0.1) is 0 Å². The second kappa shape index (κ2) is 9.49. The monoisotopic (exact) mass is 421 g/mol. The summed E-state index contributed by atoms with van der Waals surface area (Å²) in [5.41, 5.74) is 0.897. The molecule has 29 heavy (non-hydrogen) atoms. The maximum Gasteiger partial charge on any atom is 0.243 e. The molecule has 2 saturated heterocycles. The minimum absolute atomic E-state index is 0.113. The molecule has 0 aromatic heterocycles. The number of sulfonamides is 1. The fourth-order valence-corrected chi connectivity index (χ4v) is 5.11. The van der Waals surface area contributed by atoms with Gasteiger partial charge in [-0.25, -0.2) is 8.42 Å². The Bertz CT molecular complexity index is 845. The fourth-order valence-electron chi connectivity index (χ4n) is 3.59. The van der Waals surface area contributed by atoms with Crippen LogP contribution in [0.15, 0.2) is 29.2 Å². The largest absolute Gasteiger partial charge is 0.356 e. The highest BCUT2D eigenvalue weighted by Crippen LogP contribution is 2.21. The van der Waals surface area contributed by atoms with E-state index in [1.54, 1.807) is 24.3 Å². The average molecular weight is 422 g/mol. The quantitative estimate of drug-likeness (QED) is 0.474. The molecular weight excluding hydrogens is 394 g/mol. The van der Waals surface area contributed by atoms with E-state index in [9.17, 15) is 22.8 Å². The van der Waals surface area contributed by atoms with Crippen LogP contribution >= 0.6 is 0 Å². The van der Waals surface area contributed by atoms with Crippen LogP contribution in [0.3, 0.4) is 0 Å². The summed E-state index contributed by atoms with van der Waals surface area (Å²) in [5.74, 6) is -0.397.